The van der Waals surface area contributed by atoms with E-state index in [1.807, 2.05) is 30.3 Å². The number of aliphatic carboxylic acids is 1. The summed E-state index contributed by atoms with van der Waals surface area (Å²) in [5, 5.41) is 12.5. The Morgan fingerprint density at radius 2 is 2.00 bits per heavy atom. The first kappa shape index (κ1) is 12.2. The van der Waals surface area contributed by atoms with Crippen LogP contribution in [0.4, 0.5) is 0 Å². The van der Waals surface area contributed by atoms with Crippen LogP contribution in [0.5, 0.6) is 0 Å². The SMILES string of the molecule is O=C1CNC(c2ccccc2)CN1C1(C(=O)O)CC1. The van der Waals surface area contributed by atoms with Crippen molar-refractivity contribution in [2.45, 2.75) is 24.4 Å². The molecule has 19 heavy (non-hydrogen) atoms. The van der Waals surface area contributed by atoms with Gasteiger partial charge in [-0.15, -0.1) is 0 Å². The Labute approximate surface area is 111 Å². The van der Waals surface area contributed by atoms with Gasteiger partial charge in [-0.25, -0.2) is 4.79 Å². The summed E-state index contributed by atoms with van der Waals surface area (Å²) in [7, 11) is 0. The Kier molecular flexibility index (Phi) is 2.78. The van der Waals surface area contributed by atoms with E-state index in [9.17, 15) is 14.7 Å². The van der Waals surface area contributed by atoms with Crippen LogP contribution in [0.25, 0.3) is 0 Å². The number of carboxylic acid groups (broad SMARTS) is 1. The van der Waals surface area contributed by atoms with E-state index < -0.39 is 11.5 Å². The van der Waals surface area contributed by atoms with Crippen molar-refractivity contribution >= 4 is 11.9 Å². The topological polar surface area (TPSA) is 69.6 Å². The molecular formula is C14H16N2O3. The van der Waals surface area contributed by atoms with Crippen LogP contribution in [-0.4, -0.2) is 40.5 Å². The van der Waals surface area contributed by atoms with Gasteiger partial charge in [-0.3, -0.25) is 10.1 Å². The second-order valence-electron chi connectivity index (χ2n) is 5.19. The van der Waals surface area contributed by atoms with Gasteiger partial charge in [-0.1, -0.05) is 30.3 Å². The fourth-order valence-electron chi connectivity index (χ4n) is 2.69. The molecule has 100 valence electrons. The van der Waals surface area contributed by atoms with Crippen LogP contribution >= 0.6 is 0 Å². The molecule has 1 amide bonds. The molecule has 1 aromatic carbocycles. The first-order valence-corrected chi connectivity index (χ1v) is 6.46. The molecule has 1 atom stereocenters. The number of hydrogen-bond acceptors (Lipinski definition) is 3. The number of nitrogens with one attached hydrogen (secondary N) is 1. The highest BCUT2D eigenvalue weighted by Crippen LogP contribution is 2.43. The van der Waals surface area contributed by atoms with E-state index in [1.54, 1.807) is 4.90 Å². The van der Waals surface area contributed by atoms with Gasteiger partial charge < -0.3 is 10.0 Å². The zero-order valence-electron chi connectivity index (χ0n) is 10.5. The third kappa shape index (κ3) is 2.00. The monoisotopic (exact) mass is 260 g/mol. The van der Waals surface area contributed by atoms with Crippen molar-refractivity contribution in [3.63, 3.8) is 0 Å². The number of carboxylic acids is 1. The summed E-state index contributed by atoms with van der Waals surface area (Å²) in [5.74, 6) is -0.998. The minimum absolute atomic E-state index is 0.00993. The molecule has 2 fully saturated rings. The first-order chi connectivity index (χ1) is 9.13. The van der Waals surface area contributed by atoms with Crippen LogP contribution in [0.15, 0.2) is 30.3 Å². The second-order valence-corrected chi connectivity index (χ2v) is 5.19. The lowest BCUT2D eigenvalue weighted by Gasteiger charge is -2.37. The van der Waals surface area contributed by atoms with Gasteiger partial charge in [0, 0.05) is 6.54 Å². The molecule has 2 aliphatic rings. The van der Waals surface area contributed by atoms with Gasteiger partial charge in [0.05, 0.1) is 12.6 Å². The average Bonchev–Trinajstić information content (AvgIpc) is 3.22. The van der Waals surface area contributed by atoms with E-state index in [1.165, 1.54) is 0 Å². The third-order valence-corrected chi connectivity index (χ3v) is 4.01. The maximum Gasteiger partial charge on any atom is 0.329 e. The molecule has 5 heteroatoms. The Bertz CT molecular complexity index is 511. The molecule has 0 aromatic heterocycles. The molecule has 1 unspecified atom stereocenters. The number of rotatable bonds is 3. The Balaban J connectivity index is 1.82. The quantitative estimate of drug-likeness (QED) is 0.842. The van der Waals surface area contributed by atoms with Crippen LogP contribution in [0.3, 0.4) is 0 Å². The number of hydrogen-bond donors (Lipinski definition) is 2. The average molecular weight is 260 g/mol. The maximum absolute atomic E-state index is 12.0. The minimum atomic E-state index is -0.938. The first-order valence-electron chi connectivity index (χ1n) is 6.46. The van der Waals surface area contributed by atoms with Crippen molar-refractivity contribution in [2.75, 3.05) is 13.1 Å². The maximum atomic E-state index is 12.0. The Morgan fingerprint density at radius 1 is 1.32 bits per heavy atom. The molecule has 1 aliphatic carbocycles. The van der Waals surface area contributed by atoms with E-state index in [2.05, 4.69) is 5.32 Å². The van der Waals surface area contributed by atoms with E-state index in [0.717, 1.165) is 5.56 Å². The van der Waals surface area contributed by atoms with Gasteiger partial charge in [0.2, 0.25) is 5.91 Å². The van der Waals surface area contributed by atoms with Gasteiger partial charge in [-0.2, -0.15) is 0 Å². The molecular weight excluding hydrogens is 244 g/mol. The van der Waals surface area contributed by atoms with Crippen molar-refractivity contribution in [3.05, 3.63) is 35.9 Å². The molecule has 1 saturated carbocycles. The van der Waals surface area contributed by atoms with Crippen LogP contribution in [0.1, 0.15) is 24.4 Å². The summed E-state index contributed by atoms with van der Waals surface area (Å²) >= 11 is 0. The molecule has 2 N–H and O–H groups in total. The van der Waals surface area contributed by atoms with E-state index >= 15 is 0 Å². The normalized spacial score (nSPS) is 25.2. The fourth-order valence-corrected chi connectivity index (χ4v) is 2.69. The lowest BCUT2D eigenvalue weighted by atomic mass is 10.0. The number of nitrogens with zero attached hydrogens (tertiary/aromatic N) is 1. The number of amides is 1. The largest absolute Gasteiger partial charge is 0.479 e. The molecule has 1 aliphatic heterocycles. The summed E-state index contributed by atoms with van der Waals surface area (Å²) in [4.78, 5) is 24.9. The van der Waals surface area contributed by atoms with Crippen molar-refractivity contribution in [3.8, 4) is 0 Å². The van der Waals surface area contributed by atoms with Crippen LogP contribution < -0.4 is 5.32 Å². The molecule has 1 saturated heterocycles. The zero-order valence-corrected chi connectivity index (χ0v) is 10.5. The fraction of sp³-hybridized carbons (Fsp3) is 0.429. The second kappa shape index (κ2) is 4.35. The van der Waals surface area contributed by atoms with Gasteiger partial charge >= 0.3 is 5.97 Å². The Hall–Kier alpha value is -1.88. The van der Waals surface area contributed by atoms with Gasteiger partial charge in [0.25, 0.3) is 0 Å². The van der Waals surface area contributed by atoms with Crippen molar-refractivity contribution in [1.82, 2.24) is 10.2 Å². The minimum Gasteiger partial charge on any atom is -0.479 e. The van der Waals surface area contributed by atoms with Crippen LogP contribution in [0.2, 0.25) is 0 Å². The van der Waals surface area contributed by atoms with Gasteiger partial charge in [0.1, 0.15) is 5.54 Å². The summed E-state index contributed by atoms with van der Waals surface area (Å²) in [6, 6.07) is 9.83. The van der Waals surface area contributed by atoms with Crippen molar-refractivity contribution in [2.24, 2.45) is 0 Å². The number of piperazine rings is 1. The lowest BCUT2D eigenvalue weighted by molar-refractivity contribution is -0.153. The molecule has 0 radical (unpaired) electrons. The molecule has 0 spiro atoms. The van der Waals surface area contributed by atoms with E-state index in [0.29, 0.717) is 19.4 Å². The van der Waals surface area contributed by atoms with Crippen molar-refractivity contribution in [1.29, 1.82) is 0 Å². The molecule has 1 heterocycles. The smallest absolute Gasteiger partial charge is 0.329 e. The Morgan fingerprint density at radius 3 is 2.58 bits per heavy atom. The number of carbonyl (C=O) groups is 2. The molecule has 1 aromatic rings. The molecule has 3 rings (SSSR count). The summed E-state index contributed by atoms with van der Waals surface area (Å²) in [6.45, 7) is 0.629. The highest BCUT2D eigenvalue weighted by atomic mass is 16.4. The van der Waals surface area contributed by atoms with E-state index in [-0.39, 0.29) is 18.5 Å². The van der Waals surface area contributed by atoms with Crippen molar-refractivity contribution < 1.29 is 14.7 Å². The molecule has 0 bridgehead atoms. The van der Waals surface area contributed by atoms with E-state index in [4.69, 9.17) is 0 Å². The standard InChI is InChI=1S/C14H16N2O3/c17-12-8-15-11(10-4-2-1-3-5-10)9-16(12)14(6-7-14)13(18)19/h1-5,11,15H,6-9H2,(H,18,19). The van der Waals surface area contributed by atoms with Crippen LogP contribution in [-0.2, 0) is 9.59 Å². The predicted octanol–water partition coefficient (Wildman–Crippen LogP) is 0.777. The van der Waals surface area contributed by atoms with Gasteiger partial charge in [-0.05, 0) is 18.4 Å². The summed E-state index contributed by atoms with van der Waals surface area (Å²) in [6.07, 6.45) is 1.13. The lowest BCUT2D eigenvalue weighted by Crippen LogP contribution is -2.57. The summed E-state index contributed by atoms with van der Waals surface area (Å²) in [5.41, 5.74) is 0.146. The number of benzene rings is 1. The number of carbonyl (C=O) groups excluding carboxylic acids is 1. The third-order valence-electron chi connectivity index (χ3n) is 4.01. The summed E-state index contributed by atoms with van der Waals surface area (Å²) < 4.78 is 0. The zero-order chi connectivity index (χ0) is 13.5. The molecule has 5 nitrogen and oxygen atoms in total. The highest BCUT2D eigenvalue weighted by molar-refractivity contribution is 5.90. The highest BCUT2D eigenvalue weighted by Gasteiger charge is 2.57. The van der Waals surface area contributed by atoms with Gasteiger partial charge in [0.15, 0.2) is 0 Å². The predicted molar refractivity (Wildman–Crippen MR) is 68.5 cm³/mol. The van der Waals surface area contributed by atoms with Crippen LogP contribution in [0, 0.1) is 0 Å².